The van der Waals surface area contributed by atoms with Crippen molar-refractivity contribution in [3.63, 3.8) is 0 Å². The average Bonchev–Trinajstić information content (AvgIpc) is 2.11. The van der Waals surface area contributed by atoms with Crippen molar-refractivity contribution in [1.29, 1.82) is 0 Å². The van der Waals surface area contributed by atoms with E-state index in [0.29, 0.717) is 0 Å². The normalized spacial score (nSPS) is 11.6. The van der Waals surface area contributed by atoms with Crippen LogP contribution in [-0.4, -0.2) is 11.3 Å². The molecule has 2 N–H and O–H groups in total. The predicted octanol–water partition coefficient (Wildman–Crippen LogP) is 2.75. The number of halogens is 5. The molecule has 0 saturated heterocycles. The van der Waals surface area contributed by atoms with Gasteiger partial charge in [-0.1, -0.05) is 23.2 Å². The van der Waals surface area contributed by atoms with Crippen molar-refractivity contribution in [3.8, 4) is 5.75 Å². The Morgan fingerprint density at radius 3 is 2.47 bits per heavy atom. The summed E-state index contributed by atoms with van der Waals surface area (Å²) in [6.45, 7) is -0.185. The van der Waals surface area contributed by atoms with Crippen molar-refractivity contribution >= 4 is 23.2 Å². The van der Waals surface area contributed by atoms with E-state index in [2.05, 4.69) is 9.72 Å². The number of pyridine rings is 1. The van der Waals surface area contributed by atoms with E-state index in [1.54, 1.807) is 0 Å². The molecule has 1 rings (SSSR count). The number of alkyl halides is 3. The molecule has 0 spiro atoms. The zero-order valence-corrected chi connectivity index (χ0v) is 8.62. The maximum Gasteiger partial charge on any atom is 0.573 e. The predicted molar refractivity (Wildman–Crippen MR) is 48.8 cm³/mol. The lowest BCUT2D eigenvalue weighted by molar-refractivity contribution is -0.274. The standard InChI is InChI=1S/C7H5Cl2F3N2O/c8-4-5(15-7(10,11)12)3(1-13)2-14-6(4)9/h2H,1,13H2. The van der Waals surface area contributed by atoms with Crippen molar-refractivity contribution in [2.45, 2.75) is 12.9 Å². The van der Waals surface area contributed by atoms with Crippen molar-refractivity contribution in [1.82, 2.24) is 4.98 Å². The fourth-order valence-corrected chi connectivity index (χ4v) is 1.20. The average molecular weight is 261 g/mol. The van der Waals surface area contributed by atoms with E-state index in [-0.39, 0.29) is 17.3 Å². The minimum Gasteiger partial charge on any atom is -0.404 e. The molecule has 1 heterocycles. The molecule has 0 unspecified atom stereocenters. The first-order valence-corrected chi connectivity index (χ1v) is 4.39. The molecule has 0 atom stereocenters. The SMILES string of the molecule is NCc1cnc(Cl)c(Cl)c1OC(F)(F)F. The van der Waals surface area contributed by atoms with Crippen LogP contribution in [0.5, 0.6) is 5.75 Å². The second-order valence-electron chi connectivity index (χ2n) is 2.47. The van der Waals surface area contributed by atoms with Crippen LogP contribution in [0.2, 0.25) is 10.2 Å². The third kappa shape index (κ3) is 3.12. The summed E-state index contributed by atoms with van der Waals surface area (Å²) in [6, 6.07) is 0. The summed E-state index contributed by atoms with van der Waals surface area (Å²) in [5.74, 6) is -0.605. The van der Waals surface area contributed by atoms with Crippen LogP contribution in [0, 0.1) is 0 Å². The molecular weight excluding hydrogens is 256 g/mol. The van der Waals surface area contributed by atoms with E-state index < -0.39 is 17.1 Å². The molecule has 0 amide bonds. The molecule has 0 bridgehead atoms. The zero-order valence-electron chi connectivity index (χ0n) is 7.11. The number of nitrogens with two attached hydrogens (primary N) is 1. The van der Waals surface area contributed by atoms with Gasteiger partial charge in [-0.15, -0.1) is 13.2 Å². The van der Waals surface area contributed by atoms with Gasteiger partial charge < -0.3 is 10.5 Å². The van der Waals surface area contributed by atoms with Crippen LogP contribution < -0.4 is 10.5 Å². The molecule has 1 aromatic heterocycles. The first-order chi connectivity index (χ1) is 6.85. The quantitative estimate of drug-likeness (QED) is 0.832. The molecule has 0 radical (unpaired) electrons. The Hall–Kier alpha value is -0.720. The van der Waals surface area contributed by atoms with Gasteiger partial charge in [-0.3, -0.25) is 0 Å². The smallest absolute Gasteiger partial charge is 0.404 e. The summed E-state index contributed by atoms with van der Waals surface area (Å²) in [6.07, 6.45) is -3.77. The van der Waals surface area contributed by atoms with Crippen molar-refractivity contribution in [3.05, 3.63) is 21.9 Å². The fourth-order valence-electron chi connectivity index (χ4n) is 0.856. The molecule has 3 nitrogen and oxygen atoms in total. The lowest BCUT2D eigenvalue weighted by atomic mass is 10.2. The summed E-state index contributed by atoms with van der Waals surface area (Å²) in [5, 5.41) is -0.676. The molecule has 0 aliphatic carbocycles. The van der Waals surface area contributed by atoms with E-state index in [9.17, 15) is 13.2 Å². The first-order valence-electron chi connectivity index (χ1n) is 3.64. The Kier molecular flexibility index (Phi) is 3.64. The van der Waals surface area contributed by atoms with Gasteiger partial charge in [0.1, 0.15) is 5.02 Å². The number of aromatic nitrogens is 1. The molecular formula is C7H5Cl2F3N2O. The van der Waals surface area contributed by atoms with Gasteiger partial charge in [0.2, 0.25) is 0 Å². The third-order valence-corrected chi connectivity index (χ3v) is 2.18. The minimum atomic E-state index is -4.85. The number of nitrogens with zero attached hydrogens (tertiary/aromatic N) is 1. The van der Waals surface area contributed by atoms with Crippen LogP contribution in [0.3, 0.4) is 0 Å². The maximum atomic E-state index is 12.0. The second kappa shape index (κ2) is 4.42. The number of hydrogen-bond acceptors (Lipinski definition) is 3. The molecule has 15 heavy (non-hydrogen) atoms. The van der Waals surface area contributed by atoms with Gasteiger partial charge in [0.05, 0.1) is 0 Å². The molecule has 1 aromatic rings. The Labute approximate surface area is 92.9 Å². The molecule has 0 aromatic carbocycles. The van der Waals surface area contributed by atoms with E-state index >= 15 is 0 Å². The Balaban J connectivity index is 3.18. The van der Waals surface area contributed by atoms with Gasteiger partial charge in [0.15, 0.2) is 10.9 Å². The topological polar surface area (TPSA) is 48.1 Å². The summed E-state index contributed by atoms with van der Waals surface area (Å²) in [7, 11) is 0. The van der Waals surface area contributed by atoms with E-state index in [0.717, 1.165) is 6.20 Å². The Bertz CT molecular complexity index is 370. The van der Waals surface area contributed by atoms with Gasteiger partial charge in [0.25, 0.3) is 0 Å². The van der Waals surface area contributed by atoms with Gasteiger partial charge in [0, 0.05) is 18.3 Å². The monoisotopic (exact) mass is 260 g/mol. The van der Waals surface area contributed by atoms with Gasteiger partial charge >= 0.3 is 6.36 Å². The first kappa shape index (κ1) is 12.4. The number of ether oxygens (including phenoxy) is 1. The number of rotatable bonds is 2. The highest BCUT2D eigenvalue weighted by Gasteiger charge is 2.33. The van der Waals surface area contributed by atoms with Crippen LogP contribution in [-0.2, 0) is 6.54 Å². The lowest BCUT2D eigenvalue weighted by Crippen LogP contribution is -2.19. The highest BCUT2D eigenvalue weighted by Crippen LogP contribution is 2.36. The molecule has 0 aliphatic rings. The van der Waals surface area contributed by atoms with Gasteiger partial charge in [-0.25, -0.2) is 4.98 Å². The lowest BCUT2D eigenvalue weighted by Gasteiger charge is -2.13. The van der Waals surface area contributed by atoms with Crippen molar-refractivity contribution in [2.75, 3.05) is 0 Å². The molecule has 0 saturated carbocycles. The summed E-state index contributed by atoms with van der Waals surface area (Å²) in [4.78, 5) is 3.55. The highest BCUT2D eigenvalue weighted by molar-refractivity contribution is 6.42. The van der Waals surface area contributed by atoms with Crippen LogP contribution in [0.1, 0.15) is 5.56 Å². The zero-order chi connectivity index (χ0) is 11.6. The summed E-state index contributed by atoms with van der Waals surface area (Å²) in [5.41, 5.74) is 5.23. The highest BCUT2D eigenvalue weighted by atomic mass is 35.5. The summed E-state index contributed by atoms with van der Waals surface area (Å²) >= 11 is 10.9. The Morgan fingerprint density at radius 1 is 1.40 bits per heavy atom. The van der Waals surface area contributed by atoms with Crippen LogP contribution in [0.25, 0.3) is 0 Å². The van der Waals surface area contributed by atoms with Crippen molar-refractivity contribution < 1.29 is 17.9 Å². The molecule has 0 fully saturated rings. The maximum absolute atomic E-state index is 12.0. The van der Waals surface area contributed by atoms with Crippen LogP contribution in [0.4, 0.5) is 13.2 Å². The molecule has 84 valence electrons. The molecule has 8 heteroatoms. The largest absolute Gasteiger partial charge is 0.573 e. The minimum absolute atomic E-state index is 0.0294. The third-order valence-electron chi connectivity index (χ3n) is 1.44. The Morgan fingerprint density at radius 2 is 2.00 bits per heavy atom. The fraction of sp³-hybridized carbons (Fsp3) is 0.286. The second-order valence-corrected chi connectivity index (χ2v) is 3.21. The van der Waals surface area contributed by atoms with Gasteiger partial charge in [-0.2, -0.15) is 0 Å². The van der Waals surface area contributed by atoms with Crippen LogP contribution in [0.15, 0.2) is 6.20 Å². The van der Waals surface area contributed by atoms with E-state index in [4.69, 9.17) is 28.9 Å². The van der Waals surface area contributed by atoms with E-state index in [1.807, 2.05) is 0 Å². The van der Waals surface area contributed by atoms with Crippen LogP contribution >= 0.6 is 23.2 Å². The summed E-state index contributed by atoms with van der Waals surface area (Å²) < 4.78 is 39.7. The molecule has 0 aliphatic heterocycles. The van der Waals surface area contributed by atoms with E-state index in [1.165, 1.54) is 0 Å². The van der Waals surface area contributed by atoms with Crippen molar-refractivity contribution in [2.24, 2.45) is 5.73 Å². The number of hydrogen-bond donors (Lipinski definition) is 1. The van der Waals surface area contributed by atoms with Gasteiger partial charge in [-0.05, 0) is 0 Å².